The molecule has 0 radical (unpaired) electrons. The molecule has 1 aliphatic heterocycles. The van der Waals surface area contributed by atoms with Gasteiger partial charge in [0.05, 0.1) is 17.6 Å². The molecule has 1 saturated heterocycles. The molecule has 0 bridgehead atoms. The van der Waals surface area contributed by atoms with Gasteiger partial charge in [0.25, 0.3) is 0 Å². The van der Waals surface area contributed by atoms with Gasteiger partial charge in [-0.1, -0.05) is 30.8 Å². The van der Waals surface area contributed by atoms with Crippen LogP contribution in [0.1, 0.15) is 69.5 Å². The van der Waals surface area contributed by atoms with Crippen LogP contribution in [0.5, 0.6) is 0 Å². The zero-order valence-electron chi connectivity index (χ0n) is 11.6. The minimum absolute atomic E-state index is 0.163. The van der Waals surface area contributed by atoms with Crippen molar-refractivity contribution in [1.29, 1.82) is 0 Å². The van der Waals surface area contributed by atoms with Crippen molar-refractivity contribution in [2.24, 2.45) is 5.73 Å². The van der Waals surface area contributed by atoms with Gasteiger partial charge in [-0.2, -0.15) is 4.98 Å². The molecule has 2 aliphatic rings. The first-order valence-corrected chi connectivity index (χ1v) is 7.44. The van der Waals surface area contributed by atoms with E-state index in [1.54, 1.807) is 0 Å². The lowest BCUT2D eigenvalue weighted by Crippen LogP contribution is -2.37. The molecule has 1 aromatic heterocycles. The predicted molar refractivity (Wildman–Crippen MR) is 70.6 cm³/mol. The molecule has 0 spiro atoms. The van der Waals surface area contributed by atoms with Gasteiger partial charge in [-0.05, 0) is 26.2 Å². The van der Waals surface area contributed by atoms with Crippen molar-refractivity contribution in [2.45, 2.75) is 69.4 Å². The Hall–Kier alpha value is -0.940. The molecule has 2 N–H and O–H groups in total. The molecular formula is C14H23N3O2. The summed E-state index contributed by atoms with van der Waals surface area (Å²) in [6.45, 7) is 2.84. The number of aromatic nitrogens is 2. The second-order valence-corrected chi connectivity index (χ2v) is 6.00. The fourth-order valence-electron chi connectivity index (χ4n) is 3.23. The van der Waals surface area contributed by atoms with Gasteiger partial charge in [0, 0.05) is 6.61 Å². The van der Waals surface area contributed by atoms with Crippen molar-refractivity contribution in [2.75, 3.05) is 6.61 Å². The maximum atomic E-state index is 6.51. The van der Waals surface area contributed by atoms with Gasteiger partial charge in [-0.25, -0.2) is 0 Å². The fourth-order valence-corrected chi connectivity index (χ4v) is 3.23. The Bertz CT molecular complexity index is 424. The Labute approximate surface area is 113 Å². The van der Waals surface area contributed by atoms with Crippen molar-refractivity contribution in [1.82, 2.24) is 10.1 Å². The zero-order valence-corrected chi connectivity index (χ0v) is 11.6. The van der Waals surface area contributed by atoms with E-state index >= 15 is 0 Å². The highest BCUT2D eigenvalue weighted by atomic mass is 16.5. The molecule has 19 heavy (non-hydrogen) atoms. The molecule has 0 amide bonds. The average Bonchev–Trinajstić information content (AvgIpc) is 2.97. The molecular weight excluding hydrogens is 242 g/mol. The van der Waals surface area contributed by atoms with E-state index in [0.29, 0.717) is 11.7 Å². The van der Waals surface area contributed by atoms with E-state index in [1.807, 2.05) is 0 Å². The highest BCUT2D eigenvalue weighted by Crippen LogP contribution is 2.35. The molecule has 106 valence electrons. The van der Waals surface area contributed by atoms with Gasteiger partial charge in [0.1, 0.15) is 0 Å². The first-order valence-electron chi connectivity index (χ1n) is 7.44. The van der Waals surface area contributed by atoms with E-state index in [9.17, 15) is 0 Å². The lowest BCUT2D eigenvalue weighted by molar-refractivity contribution is 0.113. The molecule has 1 aromatic rings. The van der Waals surface area contributed by atoms with Crippen LogP contribution in [0.25, 0.3) is 0 Å². The molecule has 5 heteroatoms. The van der Waals surface area contributed by atoms with Crippen LogP contribution in [0.2, 0.25) is 0 Å². The second-order valence-electron chi connectivity index (χ2n) is 6.00. The quantitative estimate of drug-likeness (QED) is 0.831. The van der Waals surface area contributed by atoms with Crippen molar-refractivity contribution < 1.29 is 9.26 Å². The molecule has 5 nitrogen and oxygen atoms in total. The molecule has 2 atom stereocenters. The molecule has 2 fully saturated rings. The third-order valence-corrected chi connectivity index (χ3v) is 4.58. The lowest BCUT2D eigenvalue weighted by Gasteiger charge is -2.23. The van der Waals surface area contributed by atoms with Gasteiger partial charge < -0.3 is 15.0 Å². The van der Waals surface area contributed by atoms with Crippen LogP contribution in [0, 0.1) is 0 Å². The molecule has 2 heterocycles. The number of ether oxygens (including phenoxy) is 1. The van der Waals surface area contributed by atoms with E-state index in [1.165, 1.54) is 12.8 Å². The molecule has 1 saturated carbocycles. The van der Waals surface area contributed by atoms with Crippen molar-refractivity contribution in [3.8, 4) is 0 Å². The fraction of sp³-hybridized carbons (Fsp3) is 0.857. The normalized spacial score (nSPS) is 31.3. The van der Waals surface area contributed by atoms with Gasteiger partial charge in [-0.15, -0.1) is 0 Å². The van der Waals surface area contributed by atoms with Crippen LogP contribution in [-0.4, -0.2) is 22.9 Å². The summed E-state index contributed by atoms with van der Waals surface area (Å²) in [6, 6.07) is 0. The monoisotopic (exact) mass is 265 g/mol. The minimum Gasteiger partial charge on any atom is -0.378 e. The van der Waals surface area contributed by atoms with Gasteiger partial charge in [-0.3, -0.25) is 0 Å². The Morgan fingerprint density at radius 2 is 1.95 bits per heavy atom. The average molecular weight is 265 g/mol. The molecule has 1 aliphatic carbocycles. The van der Waals surface area contributed by atoms with Crippen molar-refractivity contribution in [3.05, 3.63) is 11.7 Å². The van der Waals surface area contributed by atoms with Gasteiger partial charge >= 0.3 is 0 Å². The van der Waals surface area contributed by atoms with Gasteiger partial charge in [0.15, 0.2) is 5.82 Å². The van der Waals surface area contributed by atoms with Crippen LogP contribution in [0.4, 0.5) is 0 Å². The van der Waals surface area contributed by atoms with Gasteiger partial charge in [0.2, 0.25) is 5.89 Å². The topological polar surface area (TPSA) is 74.2 Å². The van der Waals surface area contributed by atoms with Crippen LogP contribution in [-0.2, 0) is 10.3 Å². The number of hydrogen-bond acceptors (Lipinski definition) is 5. The summed E-state index contributed by atoms with van der Waals surface area (Å²) in [5.74, 6) is 1.63. The summed E-state index contributed by atoms with van der Waals surface area (Å²) in [7, 11) is 0. The second kappa shape index (κ2) is 5.21. The maximum absolute atomic E-state index is 6.51. The number of hydrogen-bond donors (Lipinski definition) is 1. The zero-order chi connectivity index (χ0) is 13.3. The summed E-state index contributed by atoms with van der Waals surface area (Å²) in [5, 5.41) is 4.17. The summed E-state index contributed by atoms with van der Waals surface area (Å²) < 4.78 is 11.0. The standard InChI is InChI=1S/C14H23N3O2/c1-10-11(6-9-18-10)12-16-13(17-19-12)14(15)7-4-2-3-5-8-14/h10-11H,2-9,15H2,1H3. The highest BCUT2D eigenvalue weighted by molar-refractivity contribution is 5.07. The first kappa shape index (κ1) is 13.1. The predicted octanol–water partition coefficient (Wildman–Crippen LogP) is 2.47. The van der Waals surface area contributed by atoms with Crippen LogP contribution >= 0.6 is 0 Å². The van der Waals surface area contributed by atoms with Crippen molar-refractivity contribution >= 4 is 0 Å². The Morgan fingerprint density at radius 3 is 2.58 bits per heavy atom. The van der Waals surface area contributed by atoms with Crippen molar-refractivity contribution in [3.63, 3.8) is 0 Å². The largest absolute Gasteiger partial charge is 0.378 e. The molecule has 3 rings (SSSR count). The highest BCUT2D eigenvalue weighted by Gasteiger charge is 2.36. The van der Waals surface area contributed by atoms with Crippen LogP contribution in [0.15, 0.2) is 4.52 Å². The lowest BCUT2D eigenvalue weighted by atomic mass is 9.90. The van der Waals surface area contributed by atoms with E-state index in [-0.39, 0.29) is 17.6 Å². The molecule has 2 unspecified atom stereocenters. The Kier molecular flexibility index (Phi) is 3.58. The van der Waals surface area contributed by atoms with Crippen LogP contribution in [0.3, 0.4) is 0 Å². The number of nitrogens with two attached hydrogens (primary N) is 1. The summed E-state index contributed by atoms with van der Waals surface area (Å²) in [5.41, 5.74) is 6.12. The molecule has 0 aromatic carbocycles. The minimum atomic E-state index is -0.388. The maximum Gasteiger partial charge on any atom is 0.232 e. The van der Waals surface area contributed by atoms with E-state index in [4.69, 9.17) is 15.0 Å². The van der Waals surface area contributed by atoms with E-state index < -0.39 is 0 Å². The summed E-state index contributed by atoms with van der Waals surface area (Å²) >= 11 is 0. The summed E-state index contributed by atoms with van der Waals surface area (Å²) in [4.78, 5) is 4.60. The third-order valence-electron chi connectivity index (χ3n) is 4.58. The third kappa shape index (κ3) is 2.54. The Balaban J connectivity index is 1.79. The first-order chi connectivity index (χ1) is 9.19. The Morgan fingerprint density at radius 1 is 1.21 bits per heavy atom. The number of nitrogens with zero attached hydrogens (tertiary/aromatic N) is 2. The van der Waals surface area contributed by atoms with E-state index in [2.05, 4.69) is 17.1 Å². The van der Waals surface area contributed by atoms with E-state index in [0.717, 1.165) is 38.7 Å². The van der Waals surface area contributed by atoms with Crippen LogP contribution < -0.4 is 5.73 Å². The smallest absolute Gasteiger partial charge is 0.232 e. The summed E-state index contributed by atoms with van der Waals surface area (Å²) in [6.07, 6.45) is 7.88. The SMILES string of the molecule is CC1OCCC1c1nc(C2(N)CCCCCC2)no1. The number of rotatable bonds is 2.